The zero-order chi connectivity index (χ0) is 20.3. The predicted molar refractivity (Wildman–Crippen MR) is 104 cm³/mol. The number of benzene rings is 2. The number of carbonyl (C=O) groups is 2. The van der Waals surface area contributed by atoms with E-state index < -0.39 is 17.0 Å². The van der Waals surface area contributed by atoms with Gasteiger partial charge in [-0.25, -0.2) is 9.78 Å². The summed E-state index contributed by atoms with van der Waals surface area (Å²) in [5, 5.41) is 11.4. The fourth-order valence-corrected chi connectivity index (χ4v) is 3.60. The first-order chi connectivity index (χ1) is 13.3. The monoisotopic (exact) mass is 399 g/mol. The van der Waals surface area contributed by atoms with Crippen LogP contribution in [0, 0.1) is 10.1 Å². The fraction of sp³-hybridized carbons (Fsp3) is 0.211. The molecule has 0 N–H and O–H groups in total. The van der Waals surface area contributed by atoms with Crippen molar-refractivity contribution in [3.05, 3.63) is 69.2 Å². The summed E-state index contributed by atoms with van der Waals surface area (Å²) in [6, 6.07) is 12.7. The number of fused-ring (bicyclic) bond motifs is 1. The smallest absolute Gasteiger partial charge is 0.338 e. The van der Waals surface area contributed by atoms with Gasteiger partial charge in [0.05, 0.1) is 27.2 Å². The number of amides is 1. The van der Waals surface area contributed by atoms with E-state index in [1.807, 2.05) is 24.3 Å². The van der Waals surface area contributed by atoms with Crippen molar-refractivity contribution in [2.45, 2.75) is 19.6 Å². The van der Waals surface area contributed by atoms with Gasteiger partial charge >= 0.3 is 5.97 Å². The highest BCUT2D eigenvalue weighted by molar-refractivity contribution is 7.18. The molecule has 9 heteroatoms. The lowest BCUT2D eigenvalue weighted by Crippen LogP contribution is -2.37. The Morgan fingerprint density at radius 3 is 2.54 bits per heavy atom. The lowest BCUT2D eigenvalue weighted by atomic mass is 10.2. The first-order valence-corrected chi connectivity index (χ1v) is 9.21. The van der Waals surface area contributed by atoms with Gasteiger partial charge in [-0.2, -0.15) is 0 Å². The van der Waals surface area contributed by atoms with Crippen LogP contribution in [-0.2, 0) is 16.1 Å². The van der Waals surface area contributed by atoms with Crippen molar-refractivity contribution in [3.63, 3.8) is 0 Å². The number of hydrogen-bond donors (Lipinski definition) is 0. The quantitative estimate of drug-likeness (QED) is 0.357. The van der Waals surface area contributed by atoms with Crippen LogP contribution in [0.3, 0.4) is 0 Å². The Hall–Kier alpha value is -3.33. The van der Waals surface area contributed by atoms with Crippen LogP contribution in [0.15, 0.2) is 48.5 Å². The number of non-ortho nitro benzene ring substituents is 1. The van der Waals surface area contributed by atoms with Crippen molar-refractivity contribution in [2.24, 2.45) is 0 Å². The van der Waals surface area contributed by atoms with Crippen LogP contribution >= 0.6 is 11.3 Å². The number of hydrogen-bond acceptors (Lipinski definition) is 7. The van der Waals surface area contributed by atoms with Crippen LogP contribution < -0.4 is 0 Å². The van der Waals surface area contributed by atoms with Gasteiger partial charge in [0.2, 0.25) is 0 Å². The first kappa shape index (κ1) is 19.4. The number of carbonyl (C=O) groups excluding carboxylic acids is 2. The van der Waals surface area contributed by atoms with Crippen LogP contribution in [0.2, 0.25) is 0 Å². The van der Waals surface area contributed by atoms with Gasteiger partial charge in [0.25, 0.3) is 11.6 Å². The summed E-state index contributed by atoms with van der Waals surface area (Å²) in [5.41, 5.74) is 0.885. The zero-order valence-corrected chi connectivity index (χ0v) is 16.0. The molecule has 1 aromatic heterocycles. The molecule has 2 aromatic carbocycles. The second kappa shape index (κ2) is 8.13. The van der Waals surface area contributed by atoms with Gasteiger partial charge in [-0.05, 0) is 31.2 Å². The summed E-state index contributed by atoms with van der Waals surface area (Å²) in [6.07, 6.45) is -0.998. The maximum atomic E-state index is 12.5. The van der Waals surface area contributed by atoms with Crippen molar-refractivity contribution >= 4 is 39.1 Å². The Morgan fingerprint density at radius 2 is 1.89 bits per heavy atom. The Balaban J connectivity index is 1.61. The van der Waals surface area contributed by atoms with Gasteiger partial charge in [0.15, 0.2) is 6.10 Å². The third-order valence-electron chi connectivity index (χ3n) is 4.03. The van der Waals surface area contributed by atoms with E-state index in [0.29, 0.717) is 6.54 Å². The highest BCUT2D eigenvalue weighted by Gasteiger charge is 2.23. The summed E-state index contributed by atoms with van der Waals surface area (Å²) in [6.45, 7) is 1.79. The van der Waals surface area contributed by atoms with E-state index in [1.54, 1.807) is 7.05 Å². The molecule has 1 heterocycles. The largest absolute Gasteiger partial charge is 0.449 e. The third-order valence-corrected chi connectivity index (χ3v) is 5.05. The van der Waals surface area contributed by atoms with Gasteiger partial charge in [-0.15, -0.1) is 11.3 Å². The average Bonchev–Trinajstić information content (AvgIpc) is 3.09. The van der Waals surface area contributed by atoms with Gasteiger partial charge < -0.3 is 9.64 Å². The van der Waals surface area contributed by atoms with Crippen LogP contribution in [0.1, 0.15) is 22.3 Å². The van der Waals surface area contributed by atoms with Gasteiger partial charge in [0.1, 0.15) is 5.01 Å². The van der Waals surface area contributed by atoms with E-state index in [9.17, 15) is 19.7 Å². The maximum absolute atomic E-state index is 12.5. The molecule has 0 bridgehead atoms. The lowest BCUT2D eigenvalue weighted by Gasteiger charge is -2.20. The van der Waals surface area contributed by atoms with Crippen LogP contribution in [0.25, 0.3) is 10.2 Å². The molecular weight excluding hydrogens is 382 g/mol. The highest BCUT2D eigenvalue weighted by Crippen LogP contribution is 2.22. The molecule has 28 heavy (non-hydrogen) atoms. The molecule has 0 aliphatic rings. The molecule has 3 aromatic rings. The molecular formula is C19H17N3O5S. The molecule has 144 valence electrons. The Labute approximate surface area is 164 Å². The summed E-state index contributed by atoms with van der Waals surface area (Å²) >= 11 is 1.50. The number of aromatic nitrogens is 1. The number of para-hydroxylation sites is 1. The van der Waals surface area contributed by atoms with Crippen LogP contribution in [0.5, 0.6) is 0 Å². The van der Waals surface area contributed by atoms with Crippen molar-refractivity contribution in [1.82, 2.24) is 9.88 Å². The maximum Gasteiger partial charge on any atom is 0.338 e. The Bertz CT molecular complexity index is 998. The minimum absolute atomic E-state index is 0.128. The van der Waals surface area contributed by atoms with Crippen LogP contribution in [0.4, 0.5) is 5.69 Å². The van der Waals surface area contributed by atoms with Crippen molar-refractivity contribution in [3.8, 4) is 0 Å². The molecule has 1 atom stereocenters. The molecule has 8 nitrogen and oxygen atoms in total. The van der Waals surface area contributed by atoms with Gasteiger partial charge in [-0.3, -0.25) is 14.9 Å². The topological polar surface area (TPSA) is 103 Å². The normalized spacial score (nSPS) is 11.8. The summed E-state index contributed by atoms with van der Waals surface area (Å²) in [4.78, 5) is 40.7. The second-order valence-electron chi connectivity index (χ2n) is 6.12. The predicted octanol–water partition coefficient (Wildman–Crippen LogP) is 3.41. The van der Waals surface area contributed by atoms with E-state index >= 15 is 0 Å². The number of rotatable bonds is 6. The summed E-state index contributed by atoms with van der Waals surface area (Å²) in [7, 11) is 1.62. The van der Waals surface area contributed by atoms with Crippen molar-refractivity contribution in [1.29, 1.82) is 0 Å². The number of thiazole rings is 1. The average molecular weight is 399 g/mol. The third kappa shape index (κ3) is 4.32. The van der Waals surface area contributed by atoms with Crippen molar-refractivity contribution < 1.29 is 19.2 Å². The zero-order valence-electron chi connectivity index (χ0n) is 15.2. The van der Waals surface area contributed by atoms with E-state index in [4.69, 9.17) is 4.74 Å². The van der Waals surface area contributed by atoms with Gasteiger partial charge in [0, 0.05) is 19.2 Å². The minimum Gasteiger partial charge on any atom is -0.449 e. The number of esters is 1. The van der Waals surface area contributed by atoms with Crippen LogP contribution in [-0.4, -0.2) is 39.8 Å². The van der Waals surface area contributed by atoms with E-state index in [1.165, 1.54) is 47.4 Å². The molecule has 0 aliphatic carbocycles. The van der Waals surface area contributed by atoms with E-state index in [2.05, 4.69) is 4.98 Å². The molecule has 0 fully saturated rings. The molecule has 1 unspecified atom stereocenters. The highest BCUT2D eigenvalue weighted by atomic mass is 32.1. The molecule has 0 saturated heterocycles. The number of nitro benzene ring substituents is 1. The fourth-order valence-electron chi connectivity index (χ4n) is 2.58. The second-order valence-corrected chi connectivity index (χ2v) is 7.24. The Morgan fingerprint density at radius 1 is 1.21 bits per heavy atom. The first-order valence-electron chi connectivity index (χ1n) is 8.40. The Kier molecular flexibility index (Phi) is 5.65. The number of nitrogens with zero attached hydrogens (tertiary/aromatic N) is 3. The molecule has 0 saturated carbocycles. The summed E-state index contributed by atoms with van der Waals surface area (Å²) in [5.74, 6) is -1.08. The number of likely N-dealkylation sites (N-methyl/N-ethyl adjacent to an activating group) is 1. The SMILES string of the molecule is CC(OC(=O)c1ccc([N+](=O)[O-])cc1)C(=O)N(C)Cc1nc2ccccc2s1. The lowest BCUT2D eigenvalue weighted by molar-refractivity contribution is -0.384. The van der Waals surface area contributed by atoms with E-state index in [-0.39, 0.29) is 17.2 Å². The van der Waals surface area contributed by atoms with Gasteiger partial charge in [-0.1, -0.05) is 12.1 Å². The van der Waals surface area contributed by atoms with Crippen molar-refractivity contribution in [2.75, 3.05) is 7.05 Å². The molecule has 0 spiro atoms. The van der Waals surface area contributed by atoms with E-state index in [0.717, 1.165) is 15.2 Å². The number of ether oxygens (including phenoxy) is 1. The molecule has 3 rings (SSSR count). The molecule has 0 aliphatic heterocycles. The molecule has 1 amide bonds. The minimum atomic E-state index is -0.998. The molecule has 0 radical (unpaired) electrons. The summed E-state index contributed by atoms with van der Waals surface area (Å²) < 4.78 is 6.24. The standard InChI is InChI=1S/C19H17N3O5S/c1-12(27-19(24)13-7-9-14(10-8-13)22(25)26)18(23)21(2)11-17-20-15-5-3-4-6-16(15)28-17/h3-10,12H,11H2,1-2H3. The number of nitro groups is 1.